The molecule has 0 radical (unpaired) electrons. The molecule has 0 aliphatic carbocycles. The second-order valence-electron chi connectivity index (χ2n) is 6.22. The highest BCUT2D eigenvalue weighted by molar-refractivity contribution is 6.00. The molecule has 7 nitrogen and oxygen atoms in total. The molecule has 1 saturated heterocycles. The smallest absolute Gasteiger partial charge is 0.264 e. The van der Waals surface area contributed by atoms with Crippen molar-refractivity contribution in [2.45, 2.75) is 12.5 Å². The summed E-state index contributed by atoms with van der Waals surface area (Å²) >= 11 is 0. The fraction of sp³-hybridized carbons (Fsp3) is 0.529. The molecule has 0 aromatic heterocycles. The number of rotatable bonds is 4. The number of anilines is 1. The van der Waals surface area contributed by atoms with Crippen molar-refractivity contribution in [2.75, 3.05) is 51.8 Å². The van der Waals surface area contributed by atoms with E-state index in [2.05, 4.69) is 17.3 Å². The topological polar surface area (TPSA) is 71.1 Å². The van der Waals surface area contributed by atoms with Crippen LogP contribution in [0.15, 0.2) is 18.2 Å². The normalized spacial score (nSPS) is 21.2. The second-order valence-corrected chi connectivity index (χ2v) is 6.22. The number of morpholine rings is 1. The van der Waals surface area contributed by atoms with Crippen LogP contribution in [0.5, 0.6) is 5.75 Å². The molecule has 1 atom stereocenters. The Morgan fingerprint density at radius 2 is 2.21 bits per heavy atom. The highest BCUT2D eigenvalue weighted by Gasteiger charge is 2.23. The van der Waals surface area contributed by atoms with Crippen LogP contribution in [-0.2, 0) is 9.53 Å². The monoisotopic (exact) mass is 333 g/mol. The molecule has 1 N–H and O–H groups in total. The summed E-state index contributed by atoms with van der Waals surface area (Å²) in [4.78, 5) is 27.8. The lowest BCUT2D eigenvalue weighted by atomic mass is 10.1. The third-order valence-corrected chi connectivity index (χ3v) is 4.40. The summed E-state index contributed by atoms with van der Waals surface area (Å²) in [6.07, 6.45) is 0.937. The fourth-order valence-electron chi connectivity index (χ4n) is 2.90. The maximum Gasteiger partial charge on any atom is 0.264 e. The van der Waals surface area contributed by atoms with Crippen molar-refractivity contribution in [3.63, 3.8) is 0 Å². The molecule has 0 bridgehead atoms. The maximum absolute atomic E-state index is 12.3. The fourth-order valence-corrected chi connectivity index (χ4v) is 2.90. The van der Waals surface area contributed by atoms with Gasteiger partial charge in [-0.1, -0.05) is 0 Å². The SMILES string of the molecule is CN1CCO[C@@H](CCNC(=O)c2ccc3c(c2)N(C)C(=O)CO3)C1. The molecule has 2 aliphatic heterocycles. The Hall–Kier alpha value is -2.12. The van der Waals surface area contributed by atoms with Gasteiger partial charge < -0.3 is 24.6 Å². The second kappa shape index (κ2) is 7.19. The molecule has 2 amide bonds. The van der Waals surface area contributed by atoms with Gasteiger partial charge in [0.15, 0.2) is 6.61 Å². The molecule has 0 spiro atoms. The first-order valence-electron chi connectivity index (χ1n) is 8.16. The van der Waals surface area contributed by atoms with Gasteiger partial charge in [-0.2, -0.15) is 0 Å². The minimum atomic E-state index is -0.159. The van der Waals surface area contributed by atoms with Crippen LogP contribution in [0.25, 0.3) is 0 Å². The highest BCUT2D eigenvalue weighted by atomic mass is 16.5. The number of nitrogens with one attached hydrogen (secondary N) is 1. The molecule has 2 aliphatic rings. The van der Waals surface area contributed by atoms with Crippen molar-refractivity contribution in [3.8, 4) is 5.75 Å². The number of hydrogen-bond acceptors (Lipinski definition) is 5. The van der Waals surface area contributed by atoms with E-state index in [4.69, 9.17) is 9.47 Å². The van der Waals surface area contributed by atoms with Crippen LogP contribution < -0.4 is 15.0 Å². The quantitative estimate of drug-likeness (QED) is 0.868. The molecule has 1 aromatic rings. The van der Waals surface area contributed by atoms with Gasteiger partial charge in [0.2, 0.25) is 0 Å². The van der Waals surface area contributed by atoms with E-state index >= 15 is 0 Å². The summed E-state index contributed by atoms with van der Waals surface area (Å²) in [5.41, 5.74) is 1.14. The predicted molar refractivity (Wildman–Crippen MR) is 89.5 cm³/mol. The average molecular weight is 333 g/mol. The van der Waals surface area contributed by atoms with Gasteiger partial charge >= 0.3 is 0 Å². The first-order chi connectivity index (χ1) is 11.5. The van der Waals surface area contributed by atoms with Crippen molar-refractivity contribution in [1.82, 2.24) is 10.2 Å². The number of amides is 2. The zero-order valence-corrected chi connectivity index (χ0v) is 14.1. The molecule has 0 unspecified atom stereocenters. The van der Waals surface area contributed by atoms with E-state index in [0.29, 0.717) is 23.5 Å². The van der Waals surface area contributed by atoms with Crippen LogP contribution in [0.3, 0.4) is 0 Å². The number of ether oxygens (including phenoxy) is 2. The Morgan fingerprint density at radius 1 is 1.38 bits per heavy atom. The number of carbonyl (C=O) groups excluding carboxylic acids is 2. The lowest BCUT2D eigenvalue weighted by Crippen LogP contribution is -2.41. The average Bonchev–Trinajstić information content (AvgIpc) is 2.58. The Morgan fingerprint density at radius 3 is 3.00 bits per heavy atom. The Kier molecular flexibility index (Phi) is 5.01. The number of carbonyl (C=O) groups is 2. The lowest BCUT2D eigenvalue weighted by molar-refractivity contribution is -0.120. The first-order valence-corrected chi connectivity index (χ1v) is 8.16. The van der Waals surface area contributed by atoms with E-state index in [1.165, 1.54) is 4.90 Å². The van der Waals surface area contributed by atoms with Gasteiger partial charge in [-0.15, -0.1) is 0 Å². The van der Waals surface area contributed by atoms with E-state index in [-0.39, 0.29) is 24.5 Å². The van der Waals surface area contributed by atoms with Crippen molar-refractivity contribution in [3.05, 3.63) is 23.8 Å². The number of hydrogen-bond donors (Lipinski definition) is 1. The Bertz CT molecular complexity index is 634. The summed E-state index contributed by atoms with van der Waals surface area (Å²) in [6, 6.07) is 5.13. The van der Waals surface area contributed by atoms with Crippen LogP contribution in [0.1, 0.15) is 16.8 Å². The van der Waals surface area contributed by atoms with Crippen LogP contribution >= 0.6 is 0 Å². The summed E-state index contributed by atoms with van der Waals surface area (Å²) in [5, 5.41) is 2.91. The summed E-state index contributed by atoms with van der Waals surface area (Å²) in [5.74, 6) is 0.333. The minimum absolute atomic E-state index is 0.0326. The Balaban J connectivity index is 1.56. The summed E-state index contributed by atoms with van der Waals surface area (Å²) in [6.45, 7) is 3.16. The molecular formula is C17H23N3O4. The van der Waals surface area contributed by atoms with Gasteiger partial charge in [-0.05, 0) is 31.7 Å². The van der Waals surface area contributed by atoms with Crippen molar-refractivity contribution >= 4 is 17.5 Å². The molecule has 130 valence electrons. The molecule has 0 saturated carbocycles. The van der Waals surface area contributed by atoms with E-state index in [1.807, 2.05) is 0 Å². The number of benzene rings is 1. The molecule has 1 fully saturated rings. The highest BCUT2D eigenvalue weighted by Crippen LogP contribution is 2.31. The van der Waals surface area contributed by atoms with Crippen LogP contribution in [0.2, 0.25) is 0 Å². The zero-order valence-electron chi connectivity index (χ0n) is 14.1. The molecule has 2 heterocycles. The lowest BCUT2D eigenvalue weighted by Gasteiger charge is -2.30. The molecule has 7 heteroatoms. The third kappa shape index (κ3) is 3.68. The zero-order chi connectivity index (χ0) is 17.1. The van der Waals surface area contributed by atoms with Gasteiger partial charge in [-0.3, -0.25) is 9.59 Å². The first kappa shape index (κ1) is 16.7. The van der Waals surface area contributed by atoms with Gasteiger partial charge in [-0.25, -0.2) is 0 Å². The number of fused-ring (bicyclic) bond motifs is 1. The standard InChI is InChI=1S/C17H23N3O4/c1-19-7-8-23-13(10-19)5-6-18-17(22)12-3-4-15-14(9-12)20(2)16(21)11-24-15/h3-4,9,13H,5-8,10-11H2,1-2H3,(H,18,22)/t13-/m0/s1. The largest absolute Gasteiger partial charge is 0.482 e. The molecule has 3 rings (SSSR count). The van der Waals surface area contributed by atoms with Gasteiger partial charge in [0.05, 0.1) is 18.4 Å². The third-order valence-electron chi connectivity index (χ3n) is 4.40. The molecular weight excluding hydrogens is 310 g/mol. The Labute approximate surface area is 141 Å². The van der Waals surface area contributed by atoms with Gasteiger partial charge in [0.25, 0.3) is 11.8 Å². The summed E-state index contributed by atoms with van der Waals surface area (Å²) in [7, 11) is 3.75. The van der Waals surface area contributed by atoms with E-state index in [9.17, 15) is 9.59 Å². The molecule has 1 aromatic carbocycles. The van der Waals surface area contributed by atoms with E-state index in [0.717, 1.165) is 26.1 Å². The van der Waals surface area contributed by atoms with Crippen molar-refractivity contribution < 1.29 is 19.1 Å². The van der Waals surface area contributed by atoms with E-state index < -0.39 is 0 Å². The van der Waals surface area contributed by atoms with Crippen LogP contribution in [0, 0.1) is 0 Å². The van der Waals surface area contributed by atoms with Crippen LogP contribution in [0.4, 0.5) is 5.69 Å². The maximum atomic E-state index is 12.3. The predicted octanol–water partition coefficient (Wildman–Crippen LogP) is 0.492. The number of likely N-dealkylation sites (N-methyl/N-ethyl adjacent to an activating group) is 2. The number of nitrogens with zero attached hydrogens (tertiary/aromatic N) is 2. The minimum Gasteiger partial charge on any atom is -0.482 e. The van der Waals surface area contributed by atoms with Crippen molar-refractivity contribution in [1.29, 1.82) is 0 Å². The van der Waals surface area contributed by atoms with E-state index in [1.54, 1.807) is 25.2 Å². The molecule has 24 heavy (non-hydrogen) atoms. The van der Waals surface area contributed by atoms with Crippen molar-refractivity contribution in [2.24, 2.45) is 0 Å². The van der Waals surface area contributed by atoms with Crippen LogP contribution in [-0.4, -0.2) is 69.8 Å². The summed E-state index contributed by atoms with van der Waals surface area (Å²) < 4.78 is 11.0. The van der Waals surface area contributed by atoms with Gasteiger partial charge in [0.1, 0.15) is 5.75 Å². The van der Waals surface area contributed by atoms with Gasteiger partial charge in [0, 0.05) is 32.2 Å².